The number of aliphatic hydroxyl groups excluding tert-OH is 1. The molecule has 86 valence electrons. The molecule has 0 saturated carbocycles. The minimum atomic E-state index is -0.491. The summed E-state index contributed by atoms with van der Waals surface area (Å²) < 4.78 is 18.2. The standard InChI is InChI=1S/C10H14FNO2.ClH/c1-14-7-2-3-9(11)8(6-7)10(12)4-5-13;/h2-3,6,10,13H,4-5,12H2,1H3;1H. The van der Waals surface area contributed by atoms with Gasteiger partial charge in [0.25, 0.3) is 0 Å². The molecular weight excluding hydrogens is 221 g/mol. The van der Waals surface area contributed by atoms with Crippen molar-refractivity contribution < 1.29 is 14.2 Å². The summed E-state index contributed by atoms with van der Waals surface area (Å²) in [6.07, 6.45) is 0.337. The molecule has 0 aliphatic rings. The summed E-state index contributed by atoms with van der Waals surface area (Å²) in [4.78, 5) is 0. The zero-order chi connectivity index (χ0) is 10.6. The van der Waals surface area contributed by atoms with E-state index in [1.807, 2.05) is 0 Å². The fourth-order valence-corrected chi connectivity index (χ4v) is 1.23. The van der Waals surface area contributed by atoms with E-state index >= 15 is 0 Å². The van der Waals surface area contributed by atoms with Crippen molar-refractivity contribution in [3.63, 3.8) is 0 Å². The van der Waals surface area contributed by atoms with Crippen LogP contribution in [0.15, 0.2) is 18.2 Å². The first-order valence-corrected chi connectivity index (χ1v) is 4.39. The molecule has 1 aromatic carbocycles. The highest BCUT2D eigenvalue weighted by atomic mass is 35.5. The van der Waals surface area contributed by atoms with Gasteiger partial charge >= 0.3 is 0 Å². The summed E-state index contributed by atoms with van der Waals surface area (Å²) in [6.45, 7) is -0.0577. The lowest BCUT2D eigenvalue weighted by atomic mass is 10.0. The highest BCUT2D eigenvalue weighted by Gasteiger charge is 2.11. The molecule has 0 aliphatic carbocycles. The second-order valence-electron chi connectivity index (χ2n) is 3.01. The van der Waals surface area contributed by atoms with E-state index in [2.05, 4.69) is 0 Å². The monoisotopic (exact) mass is 235 g/mol. The minimum absolute atomic E-state index is 0. The molecule has 0 fully saturated rings. The van der Waals surface area contributed by atoms with Gasteiger partial charge in [-0.1, -0.05) is 0 Å². The highest BCUT2D eigenvalue weighted by molar-refractivity contribution is 5.85. The lowest BCUT2D eigenvalue weighted by Crippen LogP contribution is -2.13. The molecule has 0 radical (unpaired) electrons. The van der Waals surface area contributed by atoms with Gasteiger partial charge in [-0.2, -0.15) is 0 Å². The van der Waals surface area contributed by atoms with Crippen LogP contribution in [0.1, 0.15) is 18.0 Å². The van der Waals surface area contributed by atoms with Crippen molar-refractivity contribution in [2.45, 2.75) is 12.5 Å². The smallest absolute Gasteiger partial charge is 0.128 e. The predicted molar refractivity (Wildman–Crippen MR) is 58.8 cm³/mol. The normalized spacial score (nSPS) is 11.7. The molecule has 0 amide bonds. The molecule has 1 atom stereocenters. The molecule has 15 heavy (non-hydrogen) atoms. The number of nitrogens with two attached hydrogens (primary N) is 1. The van der Waals surface area contributed by atoms with Crippen LogP contribution in [0.3, 0.4) is 0 Å². The van der Waals surface area contributed by atoms with Gasteiger partial charge in [0.05, 0.1) is 7.11 Å². The van der Waals surface area contributed by atoms with Gasteiger partial charge in [-0.3, -0.25) is 0 Å². The van der Waals surface area contributed by atoms with Crippen molar-refractivity contribution in [1.29, 1.82) is 0 Å². The van der Waals surface area contributed by atoms with Crippen molar-refractivity contribution >= 4 is 12.4 Å². The van der Waals surface area contributed by atoms with Gasteiger partial charge in [0, 0.05) is 18.2 Å². The lowest BCUT2D eigenvalue weighted by Gasteiger charge is -2.12. The molecule has 0 bridgehead atoms. The molecule has 0 aliphatic heterocycles. The van der Waals surface area contributed by atoms with Crippen molar-refractivity contribution in [2.75, 3.05) is 13.7 Å². The van der Waals surface area contributed by atoms with Gasteiger partial charge in [0.15, 0.2) is 0 Å². The number of ether oxygens (including phenoxy) is 1. The summed E-state index contributed by atoms with van der Waals surface area (Å²) in [5, 5.41) is 8.68. The SMILES string of the molecule is COc1ccc(F)c(C(N)CCO)c1.Cl. The van der Waals surface area contributed by atoms with Crippen LogP contribution in [-0.4, -0.2) is 18.8 Å². The average molecular weight is 236 g/mol. The Hall–Kier alpha value is -0.840. The van der Waals surface area contributed by atoms with Crippen LogP contribution in [0, 0.1) is 5.82 Å². The van der Waals surface area contributed by atoms with E-state index in [1.54, 1.807) is 6.07 Å². The number of methoxy groups -OCH3 is 1. The molecule has 0 spiro atoms. The molecule has 5 heteroatoms. The first-order chi connectivity index (χ1) is 6.69. The summed E-state index contributed by atoms with van der Waals surface area (Å²) >= 11 is 0. The maximum atomic E-state index is 13.3. The number of hydrogen-bond acceptors (Lipinski definition) is 3. The van der Waals surface area contributed by atoms with Crippen molar-refractivity contribution in [1.82, 2.24) is 0 Å². The Morgan fingerprint density at radius 1 is 1.53 bits per heavy atom. The Kier molecular flexibility index (Phi) is 6.24. The zero-order valence-corrected chi connectivity index (χ0v) is 9.26. The number of rotatable bonds is 4. The van der Waals surface area contributed by atoms with Gasteiger partial charge in [0.1, 0.15) is 11.6 Å². The topological polar surface area (TPSA) is 55.5 Å². The highest BCUT2D eigenvalue weighted by Crippen LogP contribution is 2.22. The fourth-order valence-electron chi connectivity index (χ4n) is 1.23. The van der Waals surface area contributed by atoms with Crippen LogP contribution in [0.2, 0.25) is 0 Å². The van der Waals surface area contributed by atoms with E-state index in [0.29, 0.717) is 17.7 Å². The van der Waals surface area contributed by atoms with Crippen LogP contribution >= 0.6 is 12.4 Å². The third-order valence-corrected chi connectivity index (χ3v) is 2.04. The maximum Gasteiger partial charge on any atom is 0.128 e. The van der Waals surface area contributed by atoms with Gasteiger partial charge in [-0.15, -0.1) is 12.4 Å². The minimum Gasteiger partial charge on any atom is -0.497 e. The Bertz CT molecular complexity index is 309. The number of hydrogen-bond donors (Lipinski definition) is 2. The van der Waals surface area contributed by atoms with E-state index in [-0.39, 0.29) is 24.8 Å². The Balaban J connectivity index is 0.00000196. The molecule has 3 nitrogen and oxygen atoms in total. The van der Waals surface area contributed by atoms with Gasteiger partial charge in [-0.05, 0) is 24.6 Å². The number of halogens is 2. The van der Waals surface area contributed by atoms with E-state index in [9.17, 15) is 4.39 Å². The van der Waals surface area contributed by atoms with Crippen LogP contribution < -0.4 is 10.5 Å². The average Bonchev–Trinajstić information content (AvgIpc) is 2.19. The van der Waals surface area contributed by atoms with E-state index in [4.69, 9.17) is 15.6 Å². The maximum absolute atomic E-state index is 13.3. The van der Waals surface area contributed by atoms with E-state index in [1.165, 1.54) is 19.2 Å². The van der Waals surface area contributed by atoms with E-state index < -0.39 is 6.04 Å². The van der Waals surface area contributed by atoms with Gasteiger partial charge < -0.3 is 15.6 Å². The number of aliphatic hydroxyl groups is 1. The molecule has 1 rings (SSSR count). The van der Waals surface area contributed by atoms with Crippen molar-refractivity contribution in [3.8, 4) is 5.75 Å². The summed E-state index contributed by atoms with van der Waals surface area (Å²) in [6, 6.07) is 3.90. The first kappa shape index (κ1) is 14.2. The molecule has 0 aromatic heterocycles. The van der Waals surface area contributed by atoms with Gasteiger partial charge in [-0.25, -0.2) is 4.39 Å². The van der Waals surface area contributed by atoms with Crippen molar-refractivity contribution in [2.24, 2.45) is 5.73 Å². The van der Waals surface area contributed by atoms with Crippen LogP contribution in [0.25, 0.3) is 0 Å². The predicted octanol–water partition coefficient (Wildman–Crippen LogP) is 1.64. The summed E-state index contributed by atoms with van der Waals surface area (Å²) in [5.41, 5.74) is 6.05. The molecular formula is C10H15ClFNO2. The largest absolute Gasteiger partial charge is 0.497 e. The fraction of sp³-hybridized carbons (Fsp3) is 0.400. The molecule has 3 N–H and O–H groups in total. The Labute approximate surface area is 94.5 Å². The second kappa shape index (κ2) is 6.61. The zero-order valence-electron chi connectivity index (χ0n) is 8.44. The molecule has 0 saturated heterocycles. The van der Waals surface area contributed by atoms with Crippen molar-refractivity contribution in [3.05, 3.63) is 29.6 Å². The summed E-state index contributed by atoms with van der Waals surface area (Å²) in [7, 11) is 1.51. The van der Waals surface area contributed by atoms with Crippen LogP contribution in [0.4, 0.5) is 4.39 Å². The van der Waals surface area contributed by atoms with Crippen LogP contribution in [-0.2, 0) is 0 Å². The third kappa shape index (κ3) is 3.66. The molecule has 1 unspecified atom stereocenters. The third-order valence-electron chi connectivity index (χ3n) is 2.04. The Morgan fingerprint density at radius 3 is 2.73 bits per heavy atom. The van der Waals surface area contributed by atoms with Gasteiger partial charge in [0.2, 0.25) is 0 Å². The van der Waals surface area contributed by atoms with E-state index in [0.717, 1.165) is 0 Å². The Morgan fingerprint density at radius 2 is 2.20 bits per heavy atom. The quantitative estimate of drug-likeness (QED) is 0.834. The van der Waals surface area contributed by atoms with Crippen LogP contribution in [0.5, 0.6) is 5.75 Å². The summed E-state index contributed by atoms with van der Waals surface area (Å²) in [5.74, 6) is 0.196. The number of benzene rings is 1. The molecule has 0 heterocycles. The molecule has 1 aromatic rings. The second-order valence-corrected chi connectivity index (χ2v) is 3.01. The first-order valence-electron chi connectivity index (χ1n) is 4.39. The lowest BCUT2D eigenvalue weighted by molar-refractivity contribution is 0.275.